The lowest BCUT2D eigenvalue weighted by molar-refractivity contribution is -2.00. The van der Waals surface area contributed by atoms with E-state index >= 15 is 0 Å². The van der Waals surface area contributed by atoms with E-state index in [9.17, 15) is 4.79 Å². The maximum atomic E-state index is 13.3. The lowest BCUT2D eigenvalue weighted by Crippen LogP contribution is -2.68. The summed E-state index contributed by atoms with van der Waals surface area (Å²) in [4.78, 5) is 13.3. The van der Waals surface area contributed by atoms with Crippen molar-refractivity contribution in [3.8, 4) is 0 Å². The third kappa shape index (κ3) is 7.78. The number of carbonyl (C=O) groups is 1. The second-order valence-electron chi connectivity index (χ2n) is 7.63. The maximum absolute atomic E-state index is 13.3. The van der Waals surface area contributed by atoms with Crippen LogP contribution in [0.3, 0.4) is 0 Å². The average Bonchev–Trinajstić information content (AvgIpc) is 2.90. The van der Waals surface area contributed by atoms with Crippen LogP contribution in [-0.2, 0) is 0 Å². The van der Waals surface area contributed by atoms with Crippen LogP contribution in [0.5, 0.6) is 0 Å². The minimum absolute atomic E-state index is 0.0159. The molecule has 0 aliphatic rings. The standard InChI is InChI=1S/C27H19Cl3NOP.ClHO4/c28-21-18-16-20(17-19-21)26(32)31-27(25(29)30)33(22-10-4-1-5-11-22,23-12-6-2-7-13-23)24-14-8-3-9-15-24;2-1(3,4)5/h1-19H;(H,2,3,4,5). The lowest BCUT2D eigenvalue weighted by atomic mass is 10.2. The number of carbonyl (C=O) groups excluding carboxylic acids is 1. The van der Waals surface area contributed by atoms with Crippen LogP contribution in [-0.4, -0.2) is 5.91 Å². The molecule has 0 bridgehead atoms. The summed E-state index contributed by atoms with van der Waals surface area (Å²) in [5, 5.41) is 6.69. The Morgan fingerprint density at radius 2 is 0.974 bits per heavy atom. The van der Waals surface area contributed by atoms with Gasteiger partial charge < -0.3 is 0 Å². The summed E-state index contributed by atoms with van der Waals surface area (Å²) in [6.07, 6.45) is 0. The highest BCUT2D eigenvalue weighted by Gasteiger charge is 2.52. The molecule has 0 fully saturated rings. The van der Waals surface area contributed by atoms with Gasteiger partial charge in [0.25, 0.3) is 5.91 Å². The van der Waals surface area contributed by atoms with Crippen LogP contribution in [0.1, 0.15) is 10.4 Å². The van der Waals surface area contributed by atoms with Crippen LogP contribution >= 0.6 is 42.1 Å². The van der Waals surface area contributed by atoms with Crippen molar-refractivity contribution in [2.75, 3.05) is 0 Å². The highest BCUT2D eigenvalue weighted by Crippen LogP contribution is 2.63. The van der Waals surface area contributed by atoms with Crippen molar-refractivity contribution < 1.29 is 33.7 Å². The molecule has 0 saturated heterocycles. The van der Waals surface area contributed by atoms with E-state index < -0.39 is 17.5 Å². The topological polar surface area (TPSA) is 121 Å². The van der Waals surface area contributed by atoms with Crippen LogP contribution in [0.25, 0.3) is 0 Å². The Bertz CT molecular complexity index is 1260. The SMILES string of the molecule is O=C(NC(=C(Cl)Cl)[P+](c1ccccc1)(c1ccccc1)c1ccccc1)c1ccc(Cl)cc1.[O-][Cl+3]([O-])([O-])[O-]. The summed E-state index contributed by atoms with van der Waals surface area (Å²) >= 11 is 19.2. The molecule has 0 aliphatic carbocycles. The van der Waals surface area contributed by atoms with Gasteiger partial charge in [0.15, 0.2) is 11.8 Å². The maximum Gasteiger partial charge on any atom is 0.258 e. The molecule has 0 radical (unpaired) electrons. The fraction of sp³-hybridized carbons (Fsp3) is 0. The van der Waals surface area contributed by atoms with E-state index in [0.29, 0.717) is 16.0 Å². The summed E-state index contributed by atoms with van der Waals surface area (Å²) in [5.74, 6) is -0.312. The van der Waals surface area contributed by atoms with Crippen LogP contribution in [0.4, 0.5) is 0 Å². The quantitative estimate of drug-likeness (QED) is 0.334. The van der Waals surface area contributed by atoms with Gasteiger partial charge in [0.2, 0.25) is 5.44 Å². The normalized spacial score (nSPS) is 11.1. The summed E-state index contributed by atoms with van der Waals surface area (Å²) in [6, 6.07) is 36.8. The van der Waals surface area contributed by atoms with Crippen molar-refractivity contribution in [1.82, 2.24) is 5.32 Å². The van der Waals surface area contributed by atoms with Crippen molar-refractivity contribution in [1.29, 1.82) is 0 Å². The minimum Gasteiger partial charge on any atom is -0.290 e. The van der Waals surface area contributed by atoms with Crippen molar-refractivity contribution >= 4 is 63.9 Å². The van der Waals surface area contributed by atoms with Gasteiger partial charge in [-0.2, -0.15) is 0 Å². The van der Waals surface area contributed by atoms with Crippen LogP contribution in [0.2, 0.25) is 5.02 Å². The lowest BCUT2D eigenvalue weighted by Gasteiger charge is -2.29. The molecule has 1 N–H and O–H groups in total. The first kappa shape index (κ1) is 30.1. The minimum atomic E-state index is -4.94. The predicted octanol–water partition coefficient (Wildman–Crippen LogP) is 1.91. The van der Waals surface area contributed by atoms with Gasteiger partial charge in [-0.3, -0.25) is 10.1 Å². The highest BCUT2D eigenvalue weighted by atomic mass is 35.7. The summed E-state index contributed by atoms with van der Waals surface area (Å²) in [7, 11) is -7.59. The Morgan fingerprint density at radius 1 is 0.632 bits per heavy atom. The molecule has 0 heterocycles. The van der Waals surface area contributed by atoms with Crippen molar-refractivity contribution in [2.24, 2.45) is 0 Å². The van der Waals surface area contributed by atoms with Gasteiger partial charge in [0.05, 0.1) is 0 Å². The Morgan fingerprint density at radius 3 is 1.29 bits per heavy atom. The zero-order valence-electron chi connectivity index (χ0n) is 19.5. The first-order chi connectivity index (χ1) is 18.0. The van der Waals surface area contributed by atoms with Gasteiger partial charge >= 0.3 is 0 Å². The molecule has 0 spiro atoms. The second kappa shape index (κ2) is 13.5. The molecule has 1 amide bonds. The molecule has 4 aromatic rings. The zero-order valence-corrected chi connectivity index (χ0v) is 23.4. The molecule has 196 valence electrons. The molecule has 0 aliphatic heterocycles. The summed E-state index contributed by atoms with van der Waals surface area (Å²) in [6.45, 7) is 0. The molecule has 6 nitrogen and oxygen atoms in total. The largest absolute Gasteiger partial charge is 0.290 e. The molecular formula is C27H20Cl4NO5P. The molecule has 0 saturated carbocycles. The fourth-order valence-corrected chi connectivity index (χ4v) is 8.86. The molecule has 38 heavy (non-hydrogen) atoms. The first-order valence-corrected chi connectivity index (χ1v) is 15.0. The van der Waals surface area contributed by atoms with Crippen molar-refractivity contribution in [3.63, 3.8) is 0 Å². The predicted molar refractivity (Wildman–Crippen MR) is 143 cm³/mol. The van der Waals surface area contributed by atoms with E-state index in [1.54, 1.807) is 24.3 Å². The number of hydrogen-bond acceptors (Lipinski definition) is 5. The smallest absolute Gasteiger partial charge is 0.258 e. The van der Waals surface area contributed by atoms with E-state index in [4.69, 9.17) is 53.4 Å². The monoisotopic (exact) mass is 609 g/mol. The Balaban J connectivity index is 0.000000732. The van der Waals surface area contributed by atoms with E-state index in [0.717, 1.165) is 15.9 Å². The molecular weight excluding hydrogens is 591 g/mol. The number of rotatable bonds is 6. The van der Waals surface area contributed by atoms with E-state index in [1.165, 1.54) is 0 Å². The van der Waals surface area contributed by atoms with Gasteiger partial charge in [-0.1, -0.05) is 89.4 Å². The van der Waals surface area contributed by atoms with Gasteiger partial charge in [0, 0.05) is 10.6 Å². The average molecular weight is 611 g/mol. The van der Waals surface area contributed by atoms with Gasteiger partial charge in [-0.15, -0.1) is 10.2 Å². The van der Waals surface area contributed by atoms with E-state index in [1.807, 2.05) is 54.6 Å². The van der Waals surface area contributed by atoms with Crippen LogP contribution in [0.15, 0.2) is 125 Å². The highest BCUT2D eigenvalue weighted by molar-refractivity contribution is 7.99. The second-order valence-corrected chi connectivity index (χ2v) is 13.1. The fourth-order valence-electron chi connectivity index (χ4n) is 3.83. The molecule has 11 heteroatoms. The molecule has 4 aromatic carbocycles. The number of nitrogens with one attached hydrogen (secondary N) is 1. The van der Waals surface area contributed by atoms with Gasteiger partial charge in [-0.25, -0.2) is 18.6 Å². The van der Waals surface area contributed by atoms with Crippen molar-refractivity contribution in [3.05, 3.63) is 136 Å². The first-order valence-electron chi connectivity index (χ1n) is 10.8. The summed E-state index contributed by atoms with van der Waals surface area (Å²) in [5.41, 5.74) is 0.938. The number of hydrogen-bond donors (Lipinski definition) is 1. The Labute approximate surface area is 237 Å². The number of halogens is 4. The van der Waals surface area contributed by atoms with E-state index in [2.05, 4.69) is 41.7 Å². The van der Waals surface area contributed by atoms with Crippen LogP contribution in [0, 0.1) is 10.2 Å². The number of amides is 1. The molecule has 0 unspecified atom stereocenters. The third-order valence-corrected chi connectivity index (χ3v) is 10.4. The Hall–Kier alpha value is -2.48. The van der Waals surface area contributed by atoms with Gasteiger partial charge in [0.1, 0.15) is 15.9 Å². The van der Waals surface area contributed by atoms with Gasteiger partial charge in [-0.05, 0) is 60.7 Å². The molecule has 0 atom stereocenters. The van der Waals surface area contributed by atoms with Crippen molar-refractivity contribution in [2.45, 2.75) is 0 Å². The summed E-state index contributed by atoms with van der Waals surface area (Å²) < 4.78 is 34.0. The Kier molecular flexibility index (Phi) is 10.7. The molecule has 4 rings (SSSR count). The molecule has 0 aromatic heterocycles. The zero-order chi connectivity index (χ0) is 27.8. The van der Waals surface area contributed by atoms with E-state index in [-0.39, 0.29) is 10.4 Å². The third-order valence-electron chi connectivity index (χ3n) is 5.28. The van der Waals surface area contributed by atoms with Crippen LogP contribution < -0.4 is 39.9 Å². The number of benzene rings is 4.